The Kier molecular flexibility index (Phi) is 6.16. The van der Waals surface area contributed by atoms with Gasteiger partial charge in [-0.3, -0.25) is 0 Å². The van der Waals surface area contributed by atoms with Gasteiger partial charge in [0, 0.05) is 0 Å². The third kappa shape index (κ3) is 3.44. The molecule has 0 atom stereocenters. The normalized spacial score (nSPS) is 13.5. The van der Waals surface area contributed by atoms with Crippen LogP contribution in [0.2, 0.25) is 16.1 Å². The molecule has 2 heteroatoms. The Morgan fingerprint density at radius 3 is 1.82 bits per heavy atom. The molecule has 0 bridgehead atoms. The summed E-state index contributed by atoms with van der Waals surface area (Å²) >= 11 is 0. The minimum absolute atomic E-state index is 0.310. The highest BCUT2D eigenvalue weighted by Gasteiger charge is 2.52. The maximum Gasteiger partial charge on any atom is 0.203 e. The molecule has 0 rings (SSSR count). The zero-order chi connectivity index (χ0) is 13.9. The van der Waals surface area contributed by atoms with Crippen molar-refractivity contribution in [1.82, 2.24) is 0 Å². The van der Waals surface area contributed by atoms with E-state index in [1.807, 2.05) is 0 Å². The fourth-order valence-corrected chi connectivity index (χ4v) is 9.83. The van der Waals surface area contributed by atoms with Gasteiger partial charge >= 0.3 is 0 Å². The van der Waals surface area contributed by atoms with Crippen LogP contribution in [0.3, 0.4) is 0 Å². The van der Waals surface area contributed by atoms with Crippen LogP contribution in [0.4, 0.5) is 0 Å². The van der Waals surface area contributed by atoms with Gasteiger partial charge in [-0.15, -0.1) is 0 Å². The quantitative estimate of drug-likeness (QED) is 0.429. The second kappa shape index (κ2) is 6.19. The molecule has 0 aromatic carbocycles. The molecule has 0 N–H and O–H groups in total. The van der Waals surface area contributed by atoms with E-state index in [2.05, 4.69) is 62.0 Å². The summed E-state index contributed by atoms with van der Waals surface area (Å²) in [5, 5.41) is 0.310. The van der Waals surface area contributed by atoms with Crippen molar-refractivity contribution in [3.63, 3.8) is 0 Å². The van der Waals surface area contributed by atoms with Crippen LogP contribution < -0.4 is 0 Å². The van der Waals surface area contributed by atoms with Gasteiger partial charge in [0.1, 0.15) is 0 Å². The van der Waals surface area contributed by atoms with Crippen molar-refractivity contribution >= 4 is 8.32 Å². The van der Waals surface area contributed by atoms with Crippen LogP contribution in [0.25, 0.3) is 0 Å². The van der Waals surface area contributed by atoms with Crippen molar-refractivity contribution in [1.29, 1.82) is 0 Å². The van der Waals surface area contributed by atoms with E-state index in [-0.39, 0.29) is 0 Å². The number of hydrogen-bond donors (Lipinski definition) is 0. The highest BCUT2D eigenvalue weighted by Crippen LogP contribution is 2.53. The maximum absolute atomic E-state index is 6.51. The SMILES string of the molecule is C=C(C)CO[Si](C(C)C)(C(C)C)C(C)(C)CC. The third-order valence-electron chi connectivity index (χ3n) is 4.21. The summed E-state index contributed by atoms with van der Waals surface area (Å²) < 4.78 is 6.51. The topological polar surface area (TPSA) is 9.23 Å². The Bertz CT molecular complexity index is 246. The molecule has 0 spiro atoms. The minimum Gasteiger partial charge on any atom is -0.412 e. The van der Waals surface area contributed by atoms with Gasteiger partial charge in [-0.05, 0) is 23.0 Å². The van der Waals surface area contributed by atoms with Crippen molar-refractivity contribution in [2.75, 3.05) is 6.61 Å². The smallest absolute Gasteiger partial charge is 0.203 e. The first-order chi connectivity index (χ1) is 7.61. The van der Waals surface area contributed by atoms with Crippen molar-refractivity contribution in [3.05, 3.63) is 12.2 Å². The van der Waals surface area contributed by atoms with Gasteiger partial charge in [0.25, 0.3) is 0 Å². The van der Waals surface area contributed by atoms with Gasteiger partial charge in [0.15, 0.2) is 0 Å². The average Bonchev–Trinajstić information content (AvgIpc) is 2.16. The lowest BCUT2D eigenvalue weighted by atomic mass is 10.1. The van der Waals surface area contributed by atoms with E-state index in [4.69, 9.17) is 4.43 Å². The second-order valence-electron chi connectivity index (χ2n) is 6.59. The highest BCUT2D eigenvalue weighted by atomic mass is 28.4. The molecule has 102 valence electrons. The summed E-state index contributed by atoms with van der Waals surface area (Å²) in [6.07, 6.45) is 1.19. The van der Waals surface area contributed by atoms with E-state index in [1.165, 1.54) is 6.42 Å². The molecule has 17 heavy (non-hydrogen) atoms. The Balaban J connectivity index is 5.36. The van der Waals surface area contributed by atoms with Crippen LogP contribution in [0, 0.1) is 0 Å². The Morgan fingerprint density at radius 2 is 1.59 bits per heavy atom. The Hall–Kier alpha value is -0.0831. The molecular formula is C15H32OSi. The van der Waals surface area contributed by atoms with Crippen LogP contribution in [0.1, 0.15) is 61.8 Å². The molecule has 0 fully saturated rings. The van der Waals surface area contributed by atoms with Crippen LogP contribution >= 0.6 is 0 Å². The van der Waals surface area contributed by atoms with Crippen LogP contribution in [-0.2, 0) is 4.43 Å². The van der Waals surface area contributed by atoms with Gasteiger partial charge in [-0.25, -0.2) is 0 Å². The van der Waals surface area contributed by atoms with Crippen LogP contribution in [0.15, 0.2) is 12.2 Å². The van der Waals surface area contributed by atoms with Gasteiger partial charge in [-0.1, -0.05) is 67.0 Å². The maximum atomic E-state index is 6.51. The Labute approximate surface area is 110 Å². The largest absolute Gasteiger partial charge is 0.412 e. The molecule has 0 heterocycles. The summed E-state index contributed by atoms with van der Waals surface area (Å²) in [7, 11) is -1.80. The molecule has 0 unspecified atom stereocenters. The molecule has 0 saturated carbocycles. The molecule has 0 amide bonds. The van der Waals surface area contributed by atoms with Crippen molar-refractivity contribution in [2.24, 2.45) is 0 Å². The molecular weight excluding hydrogens is 224 g/mol. The van der Waals surface area contributed by atoms with Crippen molar-refractivity contribution < 1.29 is 4.43 Å². The summed E-state index contributed by atoms with van der Waals surface area (Å²) in [4.78, 5) is 0. The molecule has 0 aliphatic carbocycles. The lowest BCUT2D eigenvalue weighted by Crippen LogP contribution is -2.53. The monoisotopic (exact) mass is 256 g/mol. The predicted molar refractivity (Wildman–Crippen MR) is 81.0 cm³/mol. The summed E-state index contributed by atoms with van der Waals surface area (Å²) in [5.74, 6) is 0. The fraction of sp³-hybridized carbons (Fsp3) is 0.867. The van der Waals surface area contributed by atoms with E-state index < -0.39 is 8.32 Å². The first-order valence-corrected chi connectivity index (χ1v) is 8.96. The Morgan fingerprint density at radius 1 is 1.18 bits per heavy atom. The van der Waals surface area contributed by atoms with Gasteiger partial charge in [0.05, 0.1) is 6.61 Å². The van der Waals surface area contributed by atoms with E-state index in [0.717, 1.165) is 12.2 Å². The average molecular weight is 257 g/mol. The molecule has 0 aromatic heterocycles. The molecule has 0 aliphatic rings. The van der Waals surface area contributed by atoms with Crippen molar-refractivity contribution in [2.45, 2.75) is 77.9 Å². The van der Waals surface area contributed by atoms with Gasteiger partial charge in [-0.2, -0.15) is 0 Å². The zero-order valence-corrected chi connectivity index (χ0v) is 14.2. The first-order valence-electron chi connectivity index (χ1n) is 6.90. The van der Waals surface area contributed by atoms with Gasteiger partial charge < -0.3 is 4.43 Å². The van der Waals surface area contributed by atoms with Gasteiger partial charge in [0.2, 0.25) is 8.32 Å². The highest BCUT2D eigenvalue weighted by molar-refractivity contribution is 6.79. The number of rotatable bonds is 7. The van der Waals surface area contributed by atoms with Crippen LogP contribution in [-0.4, -0.2) is 14.9 Å². The van der Waals surface area contributed by atoms with Crippen molar-refractivity contribution in [3.8, 4) is 0 Å². The van der Waals surface area contributed by atoms with E-state index >= 15 is 0 Å². The second-order valence-corrected chi connectivity index (χ2v) is 12.1. The molecule has 0 aromatic rings. The van der Waals surface area contributed by atoms with Crippen LogP contribution in [0.5, 0.6) is 0 Å². The van der Waals surface area contributed by atoms with E-state index in [1.54, 1.807) is 0 Å². The lowest BCUT2D eigenvalue weighted by molar-refractivity contribution is 0.283. The molecule has 0 saturated heterocycles. The fourth-order valence-electron chi connectivity index (χ4n) is 3.28. The molecule has 1 nitrogen and oxygen atoms in total. The first kappa shape index (κ1) is 16.9. The zero-order valence-electron chi connectivity index (χ0n) is 13.2. The van der Waals surface area contributed by atoms with E-state index in [9.17, 15) is 0 Å². The third-order valence-corrected chi connectivity index (χ3v) is 10.7. The number of hydrogen-bond acceptors (Lipinski definition) is 1. The predicted octanol–water partition coefficient (Wildman–Crippen LogP) is 5.53. The summed E-state index contributed by atoms with van der Waals surface area (Å²) in [6, 6.07) is 0. The minimum atomic E-state index is -1.80. The molecule has 0 radical (unpaired) electrons. The summed E-state index contributed by atoms with van der Waals surface area (Å²) in [6.45, 7) is 23.2. The summed E-state index contributed by atoms with van der Waals surface area (Å²) in [5.41, 5.74) is 2.41. The lowest BCUT2D eigenvalue weighted by Gasteiger charge is -2.50. The molecule has 0 aliphatic heterocycles. The van der Waals surface area contributed by atoms with E-state index in [0.29, 0.717) is 16.1 Å². The standard InChI is InChI=1S/C15H32OSi/c1-10-15(8,9)17(13(4)5,14(6)7)16-11-12(2)3/h13-14H,2,10-11H2,1,3-9H3.